The van der Waals surface area contributed by atoms with Gasteiger partial charge in [-0.1, -0.05) is 89.9 Å². The predicted octanol–water partition coefficient (Wildman–Crippen LogP) is -1.14. The van der Waals surface area contributed by atoms with Crippen molar-refractivity contribution in [3.05, 3.63) is 90.1 Å². The number of nitrogens with zero attached hydrogens (tertiary/aromatic N) is 2. The fraction of sp³-hybridized carbons (Fsp3) is 0.472. The Morgan fingerprint density at radius 3 is 2.07 bits per heavy atom. The first kappa shape index (κ1) is 63.7. The van der Waals surface area contributed by atoms with Gasteiger partial charge in [0.15, 0.2) is 5.96 Å². The fourth-order valence-electron chi connectivity index (χ4n) is 8.53. The molecule has 0 bridgehead atoms. The quantitative estimate of drug-likeness (QED) is 0.0257. The van der Waals surface area contributed by atoms with Crippen LogP contribution in [-0.4, -0.2) is 153 Å². The average Bonchev–Trinajstić information content (AvgIpc) is 4.31. The number of nitrogens with two attached hydrogens (primary N) is 3. The second kappa shape index (κ2) is 32.8. The van der Waals surface area contributed by atoms with E-state index < -0.39 is 107 Å². The van der Waals surface area contributed by atoms with Crippen LogP contribution >= 0.6 is 21.6 Å². The lowest BCUT2D eigenvalue weighted by Crippen LogP contribution is -2.60. The summed E-state index contributed by atoms with van der Waals surface area (Å²) in [7, 11) is 2.12. The highest BCUT2D eigenvalue weighted by molar-refractivity contribution is 8.76. The normalized spacial score (nSPS) is 22.1. The fourth-order valence-corrected chi connectivity index (χ4v) is 10.9. The first-order valence-corrected chi connectivity index (χ1v) is 29.1. The third-order valence-corrected chi connectivity index (χ3v) is 15.3. The van der Waals surface area contributed by atoms with Crippen LogP contribution in [0.1, 0.15) is 82.5 Å². The Labute approximate surface area is 476 Å². The van der Waals surface area contributed by atoms with Crippen molar-refractivity contribution in [2.24, 2.45) is 22.2 Å². The summed E-state index contributed by atoms with van der Waals surface area (Å²) in [6.07, 6.45) is 5.90. The average molecular weight is 1160 g/mol. The minimum Gasteiger partial charge on any atom is -0.370 e. The van der Waals surface area contributed by atoms with Crippen molar-refractivity contribution in [1.82, 2.24) is 62.8 Å². The Bertz CT molecular complexity index is 2810. The zero-order valence-electron chi connectivity index (χ0n) is 45.5. The van der Waals surface area contributed by atoms with Crippen LogP contribution in [0, 0.1) is 0 Å². The topological polar surface area (TPSA) is 414 Å². The number of H-pyrrole nitrogens is 2. The van der Waals surface area contributed by atoms with E-state index in [1.165, 1.54) is 26.4 Å². The van der Waals surface area contributed by atoms with Gasteiger partial charge in [0, 0.05) is 86.2 Å². The maximum atomic E-state index is 14.7. The van der Waals surface area contributed by atoms with Crippen LogP contribution in [0.2, 0.25) is 0 Å². The highest BCUT2D eigenvalue weighted by atomic mass is 33.1. The summed E-state index contributed by atoms with van der Waals surface area (Å²) in [6, 6.07) is 5.92. The number of fused-ring (bicyclic) bond motifs is 1. The van der Waals surface area contributed by atoms with Gasteiger partial charge < -0.3 is 75.0 Å². The van der Waals surface area contributed by atoms with Crippen LogP contribution in [0.5, 0.6) is 0 Å². The van der Waals surface area contributed by atoms with E-state index in [-0.39, 0.29) is 81.9 Å². The number of guanidine groups is 1. The highest BCUT2D eigenvalue weighted by Gasteiger charge is 2.34. The number of aromatic nitrogens is 3. The molecule has 438 valence electrons. The van der Waals surface area contributed by atoms with Crippen LogP contribution in [0.3, 0.4) is 0 Å². The molecule has 0 aliphatic carbocycles. The number of carbonyl (C=O) groups excluding carboxylic acids is 10. The number of aliphatic imine (C=N–C) groups is 1. The molecule has 1 aliphatic heterocycles. The molecule has 2 aromatic heterocycles. The number of carbonyl (C=O) groups is 10. The van der Waals surface area contributed by atoms with Crippen LogP contribution in [0.15, 0.2) is 78.3 Å². The summed E-state index contributed by atoms with van der Waals surface area (Å²) in [5.41, 5.74) is 19.4. The van der Waals surface area contributed by atoms with Crippen LogP contribution < -0.4 is 65.1 Å². The molecule has 28 heteroatoms. The molecule has 1 aliphatic rings. The van der Waals surface area contributed by atoms with Gasteiger partial charge in [-0.3, -0.25) is 52.9 Å². The molecule has 0 radical (unpaired) electrons. The SMILES string of the molecule is CCCC[C@H](NC(C)=O)C(=O)N[C@H]1CSSC[C@@H](C(N)=O)NC(=O)CCCNC(=O)[C@H](Cc2c[nH]c3ccccc23)NC(=O)[C@H](CCCN=C(N)N)NC(=O)[C@@H](Cc2ccccc2)NC(=O)[C@H](Cc2cnc[nH]2)NC(=O)[C@@H](C)NC1=O. The lowest BCUT2D eigenvalue weighted by Gasteiger charge is -2.27. The van der Waals surface area contributed by atoms with Gasteiger partial charge in [0.1, 0.15) is 48.3 Å². The lowest BCUT2D eigenvalue weighted by molar-refractivity contribution is -0.135. The molecule has 2 aromatic carbocycles. The third-order valence-electron chi connectivity index (χ3n) is 12.9. The lowest BCUT2D eigenvalue weighted by atomic mass is 10.0. The van der Waals surface area contributed by atoms with E-state index in [1.54, 1.807) is 36.5 Å². The zero-order chi connectivity index (χ0) is 58.8. The molecule has 17 N–H and O–H groups in total. The van der Waals surface area contributed by atoms with Gasteiger partial charge in [0.2, 0.25) is 59.1 Å². The number of aromatic amines is 2. The Balaban J connectivity index is 1.51. The number of rotatable bonds is 17. The number of benzene rings is 2. The molecule has 0 spiro atoms. The van der Waals surface area contributed by atoms with Crippen molar-refractivity contribution in [3.8, 4) is 0 Å². The number of para-hydroxylation sites is 1. The molecular formula is C53H74N16O10S2. The number of hydrogen-bond acceptors (Lipinski definition) is 14. The number of primary amides is 1. The summed E-state index contributed by atoms with van der Waals surface area (Å²) in [5.74, 6) is -7.60. The van der Waals surface area contributed by atoms with Crippen molar-refractivity contribution < 1.29 is 47.9 Å². The molecule has 3 heterocycles. The summed E-state index contributed by atoms with van der Waals surface area (Å²) in [5, 5.41) is 25.2. The third kappa shape index (κ3) is 21.5. The van der Waals surface area contributed by atoms with Gasteiger partial charge in [-0.2, -0.15) is 0 Å². The molecule has 0 saturated carbocycles. The Morgan fingerprint density at radius 1 is 0.741 bits per heavy atom. The molecule has 8 atom stereocenters. The summed E-state index contributed by atoms with van der Waals surface area (Å²) in [4.78, 5) is 152. The second-order valence-corrected chi connectivity index (χ2v) is 22.0. The van der Waals surface area contributed by atoms with Crippen molar-refractivity contribution >= 4 is 97.5 Å². The largest absolute Gasteiger partial charge is 0.370 e. The Morgan fingerprint density at radius 2 is 1.40 bits per heavy atom. The summed E-state index contributed by atoms with van der Waals surface area (Å²) < 4.78 is 0. The van der Waals surface area contributed by atoms with Crippen molar-refractivity contribution in [2.45, 2.75) is 133 Å². The smallest absolute Gasteiger partial charge is 0.244 e. The number of unbranched alkanes of at least 4 members (excludes halogenated alkanes) is 1. The first-order valence-electron chi connectivity index (χ1n) is 26.6. The van der Waals surface area contributed by atoms with Crippen LogP contribution in [0.4, 0.5) is 0 Å². The van der Waals surface area contributed by atoms with E-state index >= 15 is 0 Å². The molecule has 5 rings (SSSR count). The van der Waals surface area contributed by atoms with Gasteiger partial charge >= 0.3 is 0 Å². The highest BCUT2D eigenvalue weighted by Crippen LogP contribution is 2.24. The molecule has 4 aromatic rings. The van der Waals surface area contributed by atoms with Crippen molar-refractivity contribution in [1.29, 1.82) is 0 Å². The van der Waals surface area contributed by atoms with Crippen LogP contribution in [-0.2, 0) is 67.2 Å². The van der Waals surface area contributed by atoms with E-state index in [1.807, 2.05) is 31.2 Å². The molecule has 81 heavy (non-hydrogen) atoms. The Kier molecular flexibility index (Phi) is 25.8. The first-order chi connectivity index (χ1) is 38.8. The Hall–Kier alpha value is -8.14. The van der Waals surface area contributed by atoms with E-state index in [2.05, 4.69) is 67.8 Å². The van der Waals surface area contributed by atoms with Gasteiger partial charge in [-0.25, -0.2) is 4.98 Å². The standard InChI is InChI=1S/C53H74N16O10S2/c1-4-5-16-37(63-31(3)70)48(75)69-43-28-81-80-27-42(45(54)72)64-44(71)19-12-20-58-47(74)40(23-33-25-60-36-17-10-9-15-35(33)36)68-49(76)38(18-11-21-59-53(55)56)65-50(77)39(22-32-13-7-6-8-14-32)67-51(78)41(24-34-26-57-29-61-34)66-46(73)30(2)62-52(43)79/h6-10,13-15,17,25-26,29-30,37-43,60H,4-5,11-12,16,18-24,27-28H2,1-3H3,(H2,54,72)(H,57,61)(H,58,74)(H,62,79)(H,63,70)(H,64,71)(H,65,77)(H,66,73)(H,67,78)(H,68,76)(H,69,75)(H4,55,56,59)/t30-,37+,38+,39-,40+,41+,42+,43+/m1/s1. The molecule has 1 saturated heterocycles. The van der Waals surface area contributed by atoms with Gasteiger partial charge in [-0.15, -0.1) is 0 Å². The van der Waals surface area contributed by atoms with Crippen molar-refractivity contribution in [3.63, 3.8) is 0 Å². The molecule has 1 fully saturated rings. The maximum absolute atomic E-state index is 14.7. The second-order valence-electron chi connectivity index (χ2n) is 19.4. The number of nitrogens with one attached hydrogen (secondary N) is 11. The van der Waals surface area contributed by atoms with Gasteiger partial charge in [-0.05, 0) is 49.8 Å². The minimum atomic E-state index is -1.41. The number of imidazole rings is 1. The zero-order valence-corrected chi connectivity index (χ0v) is 47.1. The summed E-state index contributed by atoms with van der Waals surface area (Å²) in [6.45, 7) is 4.56. The maximum Gasteiger partial charge on any atom is 0.244 e. The number of amides is 10. The van der Waals surface area contributed by atoms with E-state index in [0.717, 1.165) is 32.5 Å². The van der Waals surface area contributed by atoms with E-state index in [4.69, 9.17) is 17.2 Å². The monoisotopic (exact) mass is 1160 g/mol. The molecule has 0 unspecified atom stereocenters. The van der Waals surface area contributed by atoms with Crippen LogP contribution in [0.25, 0.3) is 10.9 Å². The van der Waals surface area contributed by atoms with Crippen molar-refractivity contribution in [2.75, 3.05) is 24.6 Å². The summed E-state index contributed by atoms with van der Waals surface area (Å²) >= 11 is 0. The molecule has 10 amide bonds. The van der Waals surface area contributed by atoms with Gasteiger partial charge in [0.25, 0.3) is 0 Å². The molecule has 26 nitrogen and oxygen atoms in total. The minimum absolute atomic E-state index is 0.00515. The predicted molar refractivity (Wildman–Crippen MR) is 307 cm³/mol. The van der Waals surface area contributed by atoms with Gasteiger partial charge in [0.05, 0.1) is 6.33 Å². The number of hydrogen-bond donors (Lipinski definition) is 14. The van der Waals surface area contributed by atoms with E-state index in [9.17, 15) is 47.9 Å². The van der Waals surface area contributed by atoms with E-state index in [0.29, 0.717) is 29.7 Å². The molecular weight excluding hydrogens is 1080 g/mol.